The van der Waals surface area contributed by atoms with Crippen LogP contribution in [-0.4, -0.2) is 182 Å². The first-order valence-corrected chi connectivity index (χ1v) is 32.9. The average Bonchev–Trinajstić information content (AvgIpc) is 1.65. The monoisotopic (exact) mass is 1270 g/mol. The summed E-state index contributed by atoms with van der Waals surface area (Å²) in [4.78, 5) is 71.2. The molecule has 2 bridgehead atoms. The van der Waals surface area contributed by atoms with Crippen molar-refractivity contribution in [2.75, 3.05) is 89.6 Å². The highest BCUT2D eigenvalue weighted by Gasteiger charge is 2.45. The summed E-state index contributed by atoms with van der Waals surface area (Å²) in [6.07, 6.45) is 6.54. The number of methoxy groups -OCH3 is 1. The molecule has 2 amide bonds. The van der Waals surface area contributed by atoms with Gasteiger partial charge in [0.25, 0.3) is 5.56 Å². The lowest BCUT2D eigenvalue weighted by Gasteiger charge is -2.36. The number of hydrogen-bond acceptors (Lipinski definition) is 19. The molecular weight excluding hydrogens is 1200 g/mol. The second-order valence-corrected chi connectivity index (χ2v) is 26.9. The van der Waals surface area contributed by atoms with Gasteiger partial charge in [-0.1, -0.05) is 38.1 Å². The van der Waals surface area contributed by atoms with Crippen LogP contribution in [0.5, 0.6) is 17.6 Å². The quantitative estimate of drug-likeness (QED) is 0.0493. The molecule has 15 rings (SSSR count). The van der Waals surface area contributed by atoms with Crippen LogP contribution in [0.4, 0.5) is 15.9 Å². The summed E-state index contributed by atoms with van der Waals surface area (Å²) in [7, 11) is 3.66. The summed E-state index contributed by atoms with van der Waals surface area (Å²) < 4.78 is 43.0. The van der Waals surface area contributed by atoms with Gasteiger partial charge in [-0.25, -0.2) is 9.37 Å². The van der Waals surface area contributed by atoms with Crippen molar-refractivity contribution in [3.8, 4) is 39.2 Å². The van der Waals surface area contributed by atoms with Gasteiger partial charge >= 0.3 is 6.01 Å². The van der Waals surface area contributed by atoms with Gasteiger partial charge in [-0.2, -0.15) is 20.2 Å². The first-order valence-electron chi connectivity index (χ1n) is 32.1. The number of likely N-dealkylation sites (tertiary alicyclic amines) is 1. The van der Waals surface area contributed by atoms with E-state index in [2.05, 4.69) is 58.6 Å². The third-order valence-electron chi connectivity index (χ3n) is 19.6. The maximum atomic E-state index is 16.3. The number of ether oxygens (including phenoxy) is 4. The number of hydrogen-bond donors (Lipinski definition) is 6. The Kier molecular flexibility index (Phi) is 15.8. The molecule has 0 unspecified atom stereocenters. The molecule has 480 valence electrons. The van der Waals surface area contributed by atoms with Crippen molar-refractivity contribution in [1.82, 2.24) is 60.3 Å². The molecule has 6 atom stereocenters. The zero-order valence-electron chi connectivity index (χ0n) is 52.1. The van der Waals surface area contributed by atoms with Gasteiger partial charge in [-0.15, -0.1) is 11.3 Å². The number of thiazole rings is 1. The molecule has 92 heavy (non-hydrogen) atoms. The SMILES string of the molecule is COc1ncsc1-c1ccc([C@H](CO)NC(=O)[C@@H]2C[C@@H](O)CN2C(=O)[C@H](C(C)C)n2cc3c(n2)c(=O)[nH]c2cc(COc4c(-c5c(C)c(F)cc6[nH]ncc56)c(C5CC5)cc5c(N6C[C@@H]7C[C@H]6CN7)nc(OC6CCOCC6)nc45)ccc23)c(N2CCN(C)CC2)c1. The van der Waals surface area contributed by atoms with E-state index in [-0.39, 0.29) is 60.9 Å². The minimum atomic E-state index is -1.08. The Balaban J connectivity index is 0.749. The predicted molar refractivity (Wildman–Crippen MR) is 347 cm³/mol. The van der Waals surface area contributed by atoms with Crippen LogP contribution >= 0.6 is 11.3 Å². The highest BCUT2D eigenvalue weighted by atomic mass is 32.1. The van der Waals surface area contributed by atoms with Crippen LogP contribution in [0.25, 0.3) is 65.2 Å². The van der Waals surface area contributed by atoms with E-state index in [1.54, 1.807) is 31.9 Å². The number of likely N-dealkylation sites (N-methyl/N-ethyl adjacent to an activating group) is 1. The number of halogens is 1. The van der Waals surface area contributed by atoms with Gasteiger partial charge in [0.15, 0.2) is 11.3 Å². The Morgan fingerprint density at radius 1 is 0.935 bits per heavy atom. The van der Waals surface area contributed by atoms with Crippen molar-refractivity contribution >= 4 is 78.3 Å². The van der Waals surface area contributed by atoms with Gasteiger partial charge in [-0.3, -0.25) is 24.2 Å². The number of carbonyl (C=O) groups is 2. The summed E-state index contributed by atoms with van der Waals surface area (Å²) in [5.41, 5.74) is 9.04. The van der Waals surface area contributed by atoms with Crippen molar-refractivity contribution in [2.45, 2.75) is 114 Å². The smallest absolute Gasteiger partial charge is 0.319 e. The first kappa shape index (κ1) is 59.9. The average molecular weight is 1270 g/mol. The molecule has 5 aliphatic heterocycles. The summed E-state index contributed by atoms with van der Waals surface area (Å²) in [5, 5.41) is 43.9. The Morgan fingerprint density at radius 2 is 1.76 bits per heavy atom. The van der Waals surface area contributed by atoms with Crippen molar-refractivity contribution in [1.29, 1.82) is 0 Å². The zero-order chi connectivity index (χ0) is 63.2. The predicted octanol–water partition coefficient (Wildman–Crippen LogP) is 7.27. The maximum Gasteiger partial charge on any atom is 0.319 e. The van der Waals surface area contributed by atoms with Crippen LogP contribution in [0.15, 0.2) is 71.2 Å². The van der Waals surface area contributed by atoms with E-state index in [1.807, 2.05) is 50.2 Å². The highest BCUT2D eigenvalue weighted by molar-refractivity contribution is 7.13. The molecule has 1 saturated carbocycles. The van der Waals surface area contributed by atoms with E-state index < -0.39 is 48.2 Å². The number of H-pyrrole nitrogens is 2. The second-order valence-electron chi connectivity index (χ2n) is 26.0. The van der Waals surface area contributed by atoms with Crippen LogP contribution in [0, 0.1) is 18.7 Å². The van der Waals surface area contributed by atoms with E-state index in [0.29, 0.717) is 87.7 Å². The Bertz CT molecular complexity index is 4400. The molecule has 6 aliphatic rings. The number of β-amino-alcohol motifs (C(OH)–C–C–N with tert-alkyl or cyclic N) is 1. The molecule has 0 radical (unpaired) electrons. The number of rotatable bonds is 18. The fourth-order valence-electron chi connectivity index (χ4n) is 14.7. The van der Waals surface area contributed by atoms with Gasteiger partial charge in [0.05, 0.1) is 61.2 Å². The largest absolute Gasteiger partial charge is 0.486 e. The molecule has 0 spiro atoms. The molecular formula is C67H75FN14O9S. The van der Waals surface area contributed by atoms with Gasteiger partial charge in [0.2, 0.25) is 17.7 Å². The Morgan fingerprint density at radius 3 is 2.51 bits per heavy atom. The number of piperazine rings is 2. The third kappa shape index (κ3) is 10.9. The van der Waals surface area contributed by atoms with E-state index >= 15 is 9.18 Å². The lowest BCUT2D eigenvalue weighted by Crippen LogP contribution is -2.50. The molecule has 5 saturated heterocycles. The van der Waals surface area contributed by atoms with Gasteiger partial charge in [0, 0.05) is 133 Å². The summed E-state index contributed by atoms with van der Waals surface area (Å²) in [5.74, 6) is 0.195. The molecule has 23 nitrogen and oxygen atoms in total. The minimum Gasteiger partial charge on any atom is -0.486 e. The molecule has 6 fully saturated rings. The second kappa shape index (κ2) is 24.3. The van der Waals surface area contributed by atoms with Gasteiger partial charge in [0.1, 0.15) is 41.9 Å². The van der Waals surface area contributed by atoms with Crippen LogP contribution in [-0.2, 0) is 20.9 Å². The summed E-state index contributed by atoms with van der Waals surface area (Å²) >= 11 is 1.46. The number of nitrogens with one attached hydrogen (secondary N) is 4. The lowest BCUT2D eigenvalue weighted by atomic mass is 9.88. The van der Waals surface area contributed by atoms with E-state index in [9.17, 15) is 19.8 Å². The molecule has 25 heteroatoms. The van der Waals surface area contributed by atoms with Crippen molar-refractivity contribution < 1.29 is 43.1 Å². The minimum absolute atomic E-state index is 0.0201. The number of amides is 2. The molecule has 9 aromatic rings. The summed E-state index contributed by atoms with van der Waals surface area (Å²) in [6.45, 7) is 10.9. The molecule has 6 N–H and O–H groups in total. The van der Waals surface area contributed by atoms with Crippen molar-refractivity contribution in [3.05, 3.63) is 105 Å². The van der Waals surface area contributed by atoms with Crippen LogP contribution in [0.1, 0.15) is 92.6 Å². The Hall–Kier alpha value is -8.33. The zero-order valence-corrected chi connectivity index (χ0v) is 52.9. The number of benzene rings is 4. The van der Waals surface area contributed by atoms with E-state index in [0.717, 1.165) is 108 Å². The fourth-order valence-corrected chi connectivity index (χ4v) is 15.4. The number of aliphatic hydroxyl groups is 2. The Labute approximate surface area is 533 Å². The number of aromatic nitrogens is 8. The number of aromatic amines is 2. The standard InChI is InChI=1S/C67H75FN14O9S/c1-34(2)59(66(87)81-29-41(84)23-54(81)63(85)73-52(31-83)44-11-9-38(61-65(88-5)70-33-92-61)21-53(44)79-16-14-78(4)15-17-79)82-30-48-43-10-6-36(20-50(43)72-64(86)58(48)77-82)32-90-60-56(55-35(3)49(68)25-51-47(55)27-71-76-51)45(37-7-8-37)24-46-57(60)74-67(91-42-12-18-89-19-13-42)75-62(46)80-28-39-22-40(80)26-69-39/h6,9-11,20-21,24-25,27,30,33-34,37,39-42,52,54,59,69,83-84H,7-8,12-19,22-23,26,28-29,31-32H2,1-5H3,(H,71,76)(H,72,86)(H,73,85)/t39-,40-,41+,52-,54-,59-/m0/s1. The highest BCUT2D eigenvalue weighted by Crippen LogP contribution is 2.54. The topological polar surface area (TPSA) is 267 Å². The lowest BCUT2D eigenvalue weighted by molar-refractivity contribution is -0.142. The van der Waals surface area contributed by atoms with Crippen molar-refractivity contribution in [2.24, 2.45) is 5.92 Å². The molecule has 4 aromatic carbocycles. The molecule has 1 aliphatic carbocycles. The molecule has 5 aromatic heterocycles. The first-order chi connectivity index (χ1) is 44.7. The number of fused-ring (bicyclic) bond motifs is 7. The fraction of sp³-hybridized carbons (Fsp3) is 0.463. The third-order valence-corrected chi connectivity index (χ3v) is 20.5. The maximum absolute atomic E-state index is 16.3. The van der Waals surface area contributed by atoms with Crippen molar-refractivity contribution in [3.63, 3.8) is 0 Å². The van der Waals surface area contributed by atoms with Crippen LogP contribution in [0.3, 0.4) is 0 Å². The van der Waals surface area contributed by atoms with Gasteiger partial charge in [-0.05, 0) is 91.6 Å². The normalized spacial score (nSPS) is 21.2. The number of aliphatic hydroxyl groups excluding tert-OH is 2. The number of nitrogens with zero attached hydrogens (tertiary/aromatic N) is 10. The van der Waals surface area contributed by atoms with Crippen LogP contribution < -0.4 is 40.2 Å². The van der Waals surface area contributed by atoms with E-state index in [4.69, 9.17) is 34.0 Å². The molecule has 10 heterocycles. The van der Waals surface area contributed by atoms with Gasteiger partial charge < -0.3 is 64.4 Å². The number of anilines is 2. The summed E-state index contributed by atoms with van der Waals surface area (Å²) in [6, 6.07) is 13.2. The number of carbonyl (C=O) groups excluding carboxylic acids is 2. The van der Waals surface area contributed by atoms with E-state index in [1.165, 1.54) is 27.0 Å². The number of pyridine rings is 1. The van der Waals surface area contributed by atoms with Crippen LogP contribution in [0.2, 0.25) is 0 Å².